The summed E-state index contributed by atoms with van der Waals surface area (Å²) in [6.45, 7) is 3.19. The fraction of sp³-hybridized carbons (Fsp3) is 0.348. The molecule has 0 atom stereocenters. The van der Waals surface area contributed by atoms with Gasteiger partial charge in [0, 0.05) is 36.1 Å². The summed E-state index contributed by atoms with van der Waals surface area (Å²) in [5, 5.41) is 9.73. The average molecular weight is 442 g/mol. The number of hydrogen-bond donors (Lipinski definition) is 3. The zero-order chi connectivity index (χ0) is 21.8. The SMILES string of the molecule is CCCNC(=O)C1=CNCC=C1Nc1nc(-c2cc(Cl)ccc2F)ncc1C1CCC1. The van der Waals surface area contributed by atoms with Gasteiger partial charge in [-0.15, -0.1) is 0 Å². The van der Waals surface area contributed by atoms with E-state index in [0.717, 1.165) is 31.2 Å². The molecule has 31 heavy (non-hydrogen) atoms. The zero-order valence-electron chi connectivity index (χ0n) is 17.3. The normalized spacial score (nSPS) is 16.0. The number of aromatic nitrogens is 2. The summed E-state index contributed by atoms with van der Waals surface area (Å²) in [6, 6.07) is 4.32. The van der Waals surface area contributed by atoms with E-state index in [0.29, 0.717) is 41.1 Å². The van der Waals surface area contributed by atoms with Crippen LogP contribution in [0.4, 0.5) is 10.2 Å². The fourth-order valence-corrected chi connectivity index (χ4v) is 3.76. The van der Waals surface area contributed by atoms with Crippen molar-refractivity contribution in [2.24, 2.45) is 0 Å². The van der Waals surface area contributed by atoms with Crippen LogP contribution in [0.2, 0.25) is 5.02 Å². The number of amides is 1. The van der Waals surface area contributed by atoms with E-state index in [-0.39, 0.29) is 17.3 Å². The number of carbonyl (C=O) groups is 1. The highest BCUT2D eigenvalue weighted by molar-refractivity contribution is 6.30. The maximum atomic E-state index is 14.4. The van der Waals surface area contributed by atoms with Gasteiger partial charge in [-0.25, -0.2) is 14.4 Å². The number of benzene rings is 1. The Bertz CT molecular complexity index is 1050. The van der Waals surface area contributed by atoms with Crippen LogP contribution in [-0.4, -0.2) is 29.0 Å². The van der Waals surface area contributed by atoms with E-state index in [2.05, 4.69) is 25.9 Å². The molecule has 3 N–H and O–H groups in total. The summed E-state index contributed by atoms with van der Waals surface area (Å²) in [5.41, 5.74) is 2.40. The minimum absolute atomic E-state index is 0.159. The lowest BCUT2D eigenvalue weighted by Crippen LogP contribution is -2.31. The Morgan fingerprint density at radius 2 is 2.19 bits per heavy atom. The molecule has 0 saturated heterocycles. The lowest BCUT2D eigenvalue weighted by atomic mass is 9.80. The van der Waals surface area contributed by atoms with Crippen molar-refractivity contribution in [3.8, 4) is 11.4 Å². The minimum atomic E-state index is -0.438. The largest absolute Gasteiger partial charge is 0.387 e. The van der Waals surface area contributed by atoms with E-state index in [1.54, 1.807) is 12.4 Å². The fourth-order valence-electron chi connectivity index (χ4n) is 3.59. The average Bonchev–Trinajstić information content (AvgIpc) is 2.74. The van der Waals surface area contributed by atoms with Gasteiger partial charge >= 0.3 is 0 Å². The molecule has 1 saturated carbocycles. The summed E-state index contributed by atoms with van der Waals surface area (Å²) in [4.78, 5) is 21.7. The monoisotopic (exact) mass is 441 g/mol. The van der Waals surface area contributed by atoms with Crippen molar-refractivity contribution < 1.29 is 9.18 Å². The Labute approximate surface area is 186 Å². The standard InChI is InChI=1S/C23H25ClFN5O/c1-2-9-27-23(31)18-12-26-10-8-20(18)29-22-17(14-4-3-5-14)13-28-21(30-22)16-11-15(24)6-7-19(16)25/h6-8,11-14,26H,2-5,9-10H2,1H3,(H,27,31)(H,28,29,30). The highest BCUT2D eigenvalue weighted by atomic mass is 35.5. The van der Waals surface area contributed by atoms with Crippen LogP contribution in [0.25, 0.3) is 11.4 Å². The van der Waals surface area contributed by atoms with E-state index in [1.807, 2.05) is 13.0 Å². The second-order valence-corrected chi connectivity index (χ2v) is 8.15. The second-order valence-electron chi connectivity index (χ2n) is 7.71. The van der Waals surface area contributed by atoms with Gasteiger partial charge in [0.15, 0.2) is 5.82 Å². The molecule has 1 aliphatic carbocycles. The maximum absolute atomic E-state index is 14.4. The molecule has 2 aliphatic rings. The maximum Gasteiger partial charge on any atom is 0.254 e. The smallest absolute Gasteiger partial charge is 0.254 e. The van der Waals surface area contributed by atoms with E-state index < -0.39 is 5.82 Å². The van der Waals surface area contributed by atoms with Crippen LogP contribution in [0.1, 0.15) is 44.1 Å². The van der Waals surface area contributed by atoms with Crippen molar-refractivity contribution in [1.29, 1.82) is 0 Å². The third-order valence-electron chi connectivity index (χ3n) is 5.53. The molecule has 8 heteroatoms. The van der Waals surface area contributed by atoms with Crippen molar-refractivity contribution in [3.05, 3.63) is 64.3 Å². The van der Waals surface area contributed by atoms with E-state index >= 15 is 0 Å². The highest BCUT2D eigenvalue weighted by Crippen LogP contribution is 2.40. The molecule has 1 aliphatic heterocycles. The molecule has 162 valence electrons. The Balaban J connectivity index is 1.68. The van der Waals surface area contributed by atoms with Crippen molar-refractivity contribution in [2.45, 2.75) is 38.5 Å². The summed E-state index contributed by atoms with van der Waals surface area (Å²) in [7, 11) is 0. The molecule has 1 aromatic heterocycles. The quantitative estimate of drug-likeness (QED) is 0.589. The molecular formula is C23H25ClFN5O. The first-order chi connectivity index (χ1) is 15.1. The Morgan fingerprint density at radius 1 is 1.35 bits per heavy atom. The van der Waals surface area contributed by atoms with Crippen LogP contribution in [0, 0.1) is 5.82 Å². The molecule has 6 nitrogen and oxygen atoms in total. The number of halogens is 2. The van der Waals surface area contributed by atoms with Gasteiger partial charge in [0.2, 0.25) is 0 Å². The van der Waals surface area contributed by atoms with Crippen molar-refractivity contribution >= 4 is 23.3 Å². The van der Waals surface area contributed by atoms with Crippen molar-refractivity contribution in [1.82, 2.24) is 20.6 Å². The number of nitrogens with one attached hydrogen (secondary N) is 3. The van der Waals surface area contributed by atoms with Gasteiger partial charge in [-0.05, 0) is 49.5 Å². The third-order valence-corrected chi connectivity index (χ3v) is 5.76. The number of nitrogens with zero attached hydrogens (tertiary/aromatic N) is 2. The van der Waals surface area contributed by atoms with Gasteiger partial charge in [0.05, 0.1) is 16.8 Å². The van der Waals surface area contributed by atoms with E-state index in [1.165, 1.54) is 18.2 Å². The molecule has 2 heterocycles. The molecule has 0 bridgehead atoms. The molecule has 1 aromatic carbocycles. The number of rotatable bonds is 7. The Kier molecular flexibility index (Phi) is 6.51. The Hall–Kier alpha value is -2.93. The first-order valence-electron chi connectivity index (χ1n) is 10.6. The van der Waals surface area contributed by atoms with Crippen LogP contribution in [0.15, 0.2) is 47.9 Å². The van der Waals surface area contributed by atoms with Gasteiger partial charge in [0.25, 0.3) is 5.91 Å². The Morgan fingerprint density at radius 3 is 2.94 bits per heavy atom. The summed E-state index contributed by atoms with van der Waals surface area (Å²) >= 11 is 6.07. The van der Waals surface area contributed by atoms with Gasteiger partial charge in [-0.2, -0.15) is 0 Å². The number of hydrogen-bond acceptors (Lipinski definition) is 5. The van der Waals surface area contributed by atoms with Crippen LogP contribution >= 0.6 is 11.6 Å². The molecule has 0 spiro atoms. The predicted octanol–water partition coefficient (Wildman–Crippen LogP) is 4.51. The third kappa shape index (κ3) is 4.71. The zero-order valence-corrected chi connectivity index (χ0v) is 18.1. The summed E-state index contributed by atoms with van der Waals surface area (Å²) < 4.78 is 14.4. The number of anilines is 1. The molecule has 1 fully saturated rings. The van der Waals surface area contributed by atoms with Crippen LogP contribution < -0.4 is 16.0 Å². The lowest BCUT2D eigenvalue weighted by molar-refractivity contribution is -0.117. The van der Waals surface area contributed by atoms with Gasteiger partial charge in [0.1, 0.15) is 11.6 Å². The molecule has 0 radical (unpaired) electrons. The van der Waals surface area contributed by atoms with Crippen LogP contribution in [0.5, 0.6) is 0 Å². The van der Waals surface area contributed by atoms with E-state index in [4.69, 9.17) is 11.6 Å². The molecule has 4 rings (SSSR count). The summed E-state index contributed by atoms with van der Waals surface area (Å²) in [6.07, 6.45) is 9.50. The lowest BCUT2D eigenvalue weighted by Gasteiger charge is -2.28. The van der Waals surface area contributed by atoms with Crippen LogP contribution in [0.3, 0.4) is 0 Å². The molecule has 2 aromatic rings. The number of dihydropyridines is 1. The first kappa shape index (κ1) is 21.3. The van der Waals surface area contributed by atoms with Gasteiger partial charge < -0.3 is 16.0 Å². The summed E-state index contributed by atoms with van der Waals surface area (Å²) in [5.74, 6) is 0.599. The minimum Gasteiger partial charge on any atom is -0.387 e. The second kappa shape index (κ2) is 9.47. The van der Waals surface area contributed by atoms with Gasteiger partial charge in [-0.1, -0.05) is 24.9 Å². The molecule has 0 unspecified atom stereocenters. The van der Waals surface area contributed by atoms with E-state index in [9.17, 15) is 9.18 Å². The van der Waals surface area contributed by atoms with Crippen molar-refractivity contribution in [2.75, 3.05) is 18.4 Å². The highest BCUT2D eigenvalue weighted by Gasteiger charge is 2.26. The van der Waals surface area contributed by atoms with Gasteiger partial charge in [-0.3, -0.25) is 4.79 Å². The predicted molar refractivity (Wildman–Crippen MR) is 120 cm³/mol. The molecule has 1 amide bonds. The number of carbonyl (C=O) groups excluding carboxylic acids is 1. The van der Waals surface area contributed by atoms with Crippen molar-refractivity contribution in [3.63, 3.8) is 0 Å². The first-order valence-corrected chi connectivity index (χ1v) is 11.0. The topological polar surface area (TPSA) is 78.9 Å². The molecular weight excluding hydrogens is 417 g/mol. The van der Waals surface area contributed by atoms with Crippen LogP contribution in [-0.2, 0) is 4.79 Å².